The standard InChI is InChI=1S/C23H22ClNO4/c1-15-5-3-4-6-17(15)14-29-21-10-7-16(11-22(21)28-2)13-25-18-8-9-19(23(26)27)20(24)12-18/h3-12,25H,13-14H2,1-2H3,(H,26,27). The normalized spacial score (nSPS) is 10.4. The second kappa shape index (κ2) is 9.34. The summed E-state index contributed by atoms with van der Waals surface area (Å²) in [6.45, 7) is 3.05. The summed E-state index contributed by atoms with van der Waals surface area (Å²) in [4.78, 5) is 11.0. The second-order valence-corrected chi connectivity index (χ2v) is 6.96. The van der Waals surface area contributed by atoms with E-state index in [2.05, 4.69) is 18.3 Å². The molecule has 150 valence electrons. The van der Waals surface area contributed by atoms with E-state index in [1.54, 1.807) is 19.2 Å². The zero-order chi connectivity index (χ0) is 20.8. The monoisotopic (exact) mass is 411 g/mol. The zero-order valence-corrected chi connectivity index (χ0v) is 17.0. The summed E-state index contributed by atoms with van der Waals surface area (Å²) in [5.74, 6) is 0.276. The number of aryl methyl sites for hydroxylation is 1. The molecule has 0 spiro atoms. The highest BCUT2D eigenvalue weighted by molar-refractivity contribution is 6.33. The van der Waals surface area contributed by atoms with E-state index in [1.165, 1.54) is 11.6 Å². The Kier molecular flexibility index (Phi) is 6.62. The lowest BCUT2D eigenvalue weighted by molar-refractivity contribution is 0.0697. The van der Waals surface area contributed by atoms with E-state index in [9.17, 15) is 4.79 Å². The van der Waals surface area contributed by atoms with E-state index in [4.69, 9.17) is 26.2 Å². The third kappa shape index (κ3) is 5.21. The third-order valence-corrected chi connectivity index (χ3v) is 4.88. The van der Waals surface area contributed by atoms with Gasteiger partial charge in [-0.2, -0.15) is 0 Å². The zero-order valence-electron chi connectivity index (χ0n) is 16.2. The molecule has 0 atom stereocenters. The van der Waals surface area contributed by atoms with E-state index in [0.717, 1.165) is 16.8 Å². The number of carboxylic acid groups (broad SMARTS) is 1. The first-order valence-corrected chi connectivity index (χ1v) is 9.46. The predicted molar refractivity (Wildman–Crippen MR) is 114 cm³/mol. The molecule has 0 fully saturated rings. The Bertz CT molecular complexity index is 1020. The van der Waals surface area contributed by atoms with Gasteiger partial charge in [0, 0.05) is 12.2 Å². The first-order valence-electron chi connectivity index (χ1n) is 9.09. The summed E-state index contributed by atoms with van der Waals surface area (Å²) < 4.78 is 11.4. The molecule has 5 nitrogen and oxygen atoms in total. The molecule has 29 heavy (non-hydrogen) atoms. The Morgan fingerprint density at radius 1 is 1.07 bits per heavy atom. The van der Waals surface area contributed by atoms with Crippen LogP contribution in [0.5, 0.6) is 11.5 Å². The first kappa shape index (κ1) is 20.6. The number of ether oxygens (including phenoxy) is 2. The average Bonchev–Trinajstić information content (AvgIpc) is 2.71. The van der Waals surface area contributed by atoms with E-state index < -0.39 is 5.97 Å². The molecule has 0 amide bonds. The summed E-state index contributed by atoms with van der Waals surface area (Å²) >= 11 is 6.01. The maximum atomic E-state index is 11.0. The van der Waals surface area contributed by atoms with Gasteiger partial charge in [-0.25, -0.2) is 4.79 Å². The molecule has 0 aliphatic heterocycles. The van der Waals surface area contributed by atoms with Crippen LogP contribution in [-0.2, 0) is 13.2 Å². The Balaban J connectivity index is 1.66. The molecule has 0 saturated carbocycles. The fourth-order valence-electron chi connectivity index (χ4n) is 2.87. The van der Waals surface area contributed by atoms with E-state index in [0.29, 0.717) is 24.7 Å². The fraction of sp³-hybridized carbons (Fsp3) is 0.174. The SMILES string of the molecule is COc1cc(CNc2ccc(C(=O)O)c(Cl)c2)ccc1OCc1ccccc1C. The number of hydrogen-bond donors (Lipinski definition) is 2. The van der Waals surface area contributed by atoms with Gasteiger partial charge in [0.1, 0.15) is 6.61 Å². The minimum atomic E-state index is -1.05. The van der Waals surface area contributed by atoms with Gasteiger partial charge in [-0.1, -0.05) is 41.9 Å². The molecule has 3 rings (SSSR count). The van der Waals surface area contributed by atoms with Gasteiger partial charge in [-0.15, -0.1) is 0 Å². The second-order valence-electron chi connectivity index (χ2n) is 6.55. The van der Waals surface area contributed by atoms with Crippen molar-refractivity contribution in [2.24, 2.45) is 0 Å². The van der Waals surface area contributed by atoms with Crippen LogP contribution >= 0.6 is 11.6 Å². The molecule has 0 heterocycles. The highest BCUT2D eigenvalue weighted by atomic mass is 35.5. The van der Waals surface area contributed by atoms with Crippen LogP contribution < -0.4 is 14.8 Å². The number of carbonyl (C=O) groups is 1. The average molecular weight is 412 g/mol. The minimum absolute atomic E-state index is 0.0778. The molecular weight excluding hydrogens is 390 g/mol. The lowest BCUT2D eigenvalue weighted by Crippen LogP contribution is -2.03. The summed E-state index contributed by atoms with van der Waals surface area (Å²) in [6.07, 6.45) is 0. The third-order valence-electron chi connectivity index (χ3n) is 4.57. The van der Waals surface area contributed by atoms with Gasteiger partial charge in [-0.05, 0) is 53.9 Å². The maximum Gasteiger partial charge on any atom is 0.337 e. The Morgan fingerprint density at radius 2 is 1.86 bits per heavy atom. The number of aromatic carboxylic acids is 1. The van der Waals surface area contributed by atoms with Gasteiger partial charge in [0.2, 0.25) is 0 Å². The van der Waals surface area contributed by atoms with Gasteiger partial charge in [0.25, 0.3) is 0 Å². The van der Waals surface area contributed by atoms with Crippen molar-refractivity contribution in [3.63, 3.8) is 0 Å². The number of anilines is 1. The molecule has 0 unspecified atom stereocenters. The van der Waals surface area contributed by atoms with Crippen LogP contribution in [0, 0.1) is 6.92 Å². The quantitative estimate of drug-likeness (QED) is 0.509. The summed E-state index contributed by atoms with van der Waals surface area (Å²) in [5.41, 5.74) is 4.11. The lowest BCUT2D eigenvalue weighted by atomic mass is 10.1. The molecule has 0 aromatic heterocycles. The van der Waals surface area contributed by atoms with Crippen molar-refractivity contribution in [2.75, 3.05) is 12.4 Å². The summed E-state index contributed by atoms with van der Waals surface area (Å²) in [5, 5.41) is 12.5. The van der Waals surface area contributed by atoms with Crippen molar-refractivity contribution in [1.82, 2.24) is 0 Å². The van der Waals surface area contributed by atoms with Crippen molar-refractivity contribution in [1.29, 1.82) is 0 Å². The molecule has 2 N–H and O–H groups in total. The van der Waals surface area contributed by atoms with Crippen molar-refractivity contribution in [3.8, 4) is 11.5 Å². The van der Waals surface area contributed by atoms with Crippen LogP contribution in [0.15, 0.2) is 60.7 Å². The molecular formula is C23H22ClNO4. The van der Waals surface area contributed by atoms with E-state index >= 15 is 0 Å². The number of nitrogens with one attached hydrogen (secondary N) is 1. The van der Waals surface area contributed by atoms with E-state index in [1.807, 2.05) is 36.4 Å². The van der Waals surface area contributed by atoms with Crippen LogP contribution in [0.1, 0.15) is 27.0 Å². The smallest absolute Gasteiger partial charge is 0.337 e. The molecule has 6 heteroatoms. The van der Waals surface area contributed by atoms with Crippen LogP contribution in [-0.4, -0.2) is 18.2 Å². The molecule has 3 aromatic rings. The highest BCUT2D eigenvalue weighted by Crippen LogP contribution is 2.30. The highest BCUT2D eigenvalue weighted by Gasteiger charge is 2.10. The van der Waals surface area contributed by atoms with Crippen LogP contribution in [0.4, 0.5) is 5.69 Å². The number of rotatable bonds is 8. The number of carboxylic acids is 1. The van der Waals surface area contributed by atoms with Gasteiger partial charge < -0.3 is 19.9 Å². The largest absolute Gasteiger partial charge is 0.493 e. The Labute approximate surface area is 174 Å². The Hall–Kier alpha value is -3.18. The number of benzene rings is 3. The minimum Gasteiger partial charge on any atom is -0.493 e. The molecule has 0 aliphatic rings. The van der Waals surface area contributed by atoms with Crippen LogP contribution in [0.3, 0.4) is 0 Å². The molecule has 0 bridgehead atoms. The number of halogens is 1. The van der Waals surface area contributed by atoms with Crippen LogP contribution in [0.2, 0.25) is 5.02 Å². The number of hydrogen-bond acceptors (Lipinski definition) is 4. The maximum absolute atomic E-state index is 11.0. The van der Waals surface area contributed by atoms with E-state index in [-0.39, 0.29) is 10.6 Å². The molecule has 3 aromatic carbocycles. The summed E-state index contributed by atoms with van der Waals surface area (Å²) in [7, 11) is 1.61. The first-order chi connectivity index (χ1) is 14.0. The van der Waals surface area contributed by atoms with Crippen molar-refractivity contribution in [2.45, 2.75) is 20.1 Å². The molecule has 0 radical (unpaired) electrons. The van der Waals surface area contributed by atoms with Gasteiger partial charge >= 0.3 is 5.97 Å². The van der Waals surface area contributed by atoms with Crippen LogP contribution in [0.25, 0.3) is 0 Å². The van der Waals surface area contributed by atoms with Crippen molar-refractivity contribution >= 4 is 23.3 Å². The van der Waals surface area contributed by atoms with Crippen molar-refractivity contribution < 1.29 is 19.4 Å². The molecule has 0 saturated heterocycles. The van der Waals surface area contributed by atoms with Gasteiger partial charge in [0.15, 0.2) is 11.5 Å². The van der Waals surface area contributed by atoms with Gasteiger partial charge in [0.05, 0.1) is 17.7 Å². The summed E-state index contributed by atoms with van der Waals surface area (Å²) in [6, 6.07) is 18.6. The lowest BCUT2D eigenvalue weighted by Gasteiger charge is -2.14. The molecule has 0 aliphatic carbocycles. The number of methoxy groups -OCH3 is 1. The topological polar surface area (TPSA) is 67.8 Å². The Morgan fingerprint density at radius 3 is 2.55 bits per heavy atom. The van der Waals surface area contributed by atoms with Crippen molar-refractivity contribution in [3.05, 3.63) is 87.9 Å². The fourth-order valence-corrected chi connectivity index (χ4v) is 3.13. The predicted octanol–water partition coefficient (Wildman–Crippen LogP) is 5.55. The van der Waals surface area contributed by atoms with Gasteiger partial charge in [-0.3, -0.25) is 0 Å².